The van der Waals surface area contributed by atoms with Crippen molar-refractivity contribution in [1.82, 2.24) is 19.7 Å². The van der Waals surface area contributed by atoms with Crippen LogP contribution < -0.4 is 11.4 Å². The van der Waals surface area contributed by atoms with Crippen LogP contribution >= 0.6 is 11.8 Å². The molecule has 3 N–H and O–H groups in total. The van der Waals surface area contributed by atoms with E-state index >= 15 is 0 Å². The maximum absolute atomic E-state index is 11.8. The number of fused-ring (bicyclic) bond motifs is 1. The molecule has 0 atom stereocenters. The second-order valence-electron chi connectivity index (χ2n) is 4.93. The van der Waals surface area contributed by atoms with Gasteiger partial charge in [0.05, 0.1) is 5.52 Å². The molecule has 0 saturated carbocycles. The van der Waals surface area contributed by atoms with Gasteiger partial charge in [0.15, 0.2) is 5.16 Å². The van der Waals surface area contributed by atoms with Crippen LogP contribution in [0.4, 0.5) is 5.69 Å². The minimum Gasteiger partial charge on any atom is -0.398 e. The summed E-state index contributed by atoms with van der Waals surface area (Å²) in [6.45, 7) is 3.89. The highest BCUT2D eigenvalue weighted by Gasteiger charge is 2.15. The van der Waals surface area contributed by atoms with E-state index in [1.807, 2.05) is 38.1 Å². The van der Waals surface area contributed by atoms with Gasteiger partial charge in [0.1, 0.15) is 0 Å². The van der Waals surface area contributed by atoms with Crippen LogP contribution in [0.2, 0.25) is 0 Å². The van der Waals surface area contributed by atoms with Gasteiger partial charge in [-0.05, 0) is 49.9 Å². The summed E-state index contributed by atoms with van der Waals surface area (Å²) in [6, 6.07) is 7.57. The predicted molar refractivity (Wildman–Crippen MR) is 83.5 cm³/mol. The third kappa shape index (κ3) is 2.40. The van der Waals surface area contributed by atoms with Gasteiger partial charge in [0.2, 0.25) is 0 Å². The lowest BCUT2D eigenvalue weighted by atomic mass is 10.2. The number of nitrogens with zero attached hydrogens (tertiary/aromatic N) is 3. The topological polar surface area (TPSA) is 89.6 Å². The van der Waals surface area contributed by atoms with Gasteiger partial charge in [-0.1, -0.05) is 0 Å². The summed E-state index contributed by atoms with van der Waals surface area (Å²) in [5.74, 6) is 0. The Morgan fingerprint density at radius 1 is 1.33 bits per heavy atom. The van der Waals surface area contributed by atoms with E-state index in [0.29, 0.717) is 10.8 Å². The van der Waals surface area contributed by atoms with E-state index in [0.717, 1.165) is 15.8 Å². The fourth-order valence-electron chi connectivity index (χ4n) is 2.17. The number of aromatic nitrogens is 4. The van der Waals surface area contributed by atoms with Crippen LogP contribution in [0, 0.1) is 0 Å². The summed E-state index contributed by atoms with van der Waals surface area (Å²) in [7, 11) is 0. The molecular formula is C14H15N5OS. The smallest absolute Gasteiger partial charge is 0.344 e. The van der Waals surface area contributed by atoms with Crippen molar-refractivity contribution in [1.29, 1.82) is 0 Å². The number of anilines is 1. The first kappa shape index (κ1) is 13.7. The largest absolute Gasteiger partial charge is 0.398 e. The summed E-state index contributed by atoms with van der Waals surface area (Å²) >= 11 is 1.40. The molecule has 0 radical (unpaired) electrons. The number of H-pyrrole nitrogens is 1. The number of nitrogen functional groups attached to an aromatic ring is 1. The van der Waals surface area contributed by atoms with Gasteiger partial charge >= 0.3 is 5.69 Å². The second kappa shape index (κ2) is 5.25. The first-order chi connectivity index (χ1) is 10.1. The zero-order chi connectivity index (χ0) is 15.0. The van der Waals surface area contributed by atoms with E-state index in [1.165, 1.54) is 11.8 Å². The van der Waals surface area contributed by atoms with Gasteiger partial charge in [0.25, 0.3) is 0 Å². The minimum absolute atomic E-state index is 0.0340. The van der Waals surface area contributed by atoms with Gasteiger partial charge in [-0.15, -0.1) is 5.10 Å². The molecule has 0 bridgehead atoms. The Kier molecular flexibility index (Phi) is 3.42. The van der Waals surface area contributed by atoms with E-state index in [4.69, 9.17) is 5.73 Å². The molecule has 0 aliphatic carbocycles. The monoisotopic (exact) mass is 301 g/mol. The zero-order valence-corrected chi connectivity index (χ0v) is 12.5. The van der Waals surface area contributed by atoms with Crippen molar-refractivity contribution in [3.63, 3.8) is 0 Å². The highest BCUT2D eigenvalue weighted by molar-refractivity contribution is 7.99. The van der Waals surface area contributed by atoms with Crippen molar-refractivity contribution in [3.05, 3.63) is 40.9 Å². The maximum atomic E-state index is 11.8. The first-order valence-electron chi connectivity index (χ1n) is 6.56. The van der Waals surface area contributed by atoms with Gasteiger partial charge in [-0.25, -0.2) is 9.89 Å². The van der Waals surface area contributed by atoms with Gasteiger partial charge in [0, 0.05) is 28.2 Å². The van der Waals surface area contributed by atoms with Crippen molar-refractivity contribution < 1.29 is 0 Å². The van der Waals surface area contributed by atoms with E-state index in [-0.39, 0.29) is 11.7 Å². The Morgan fingerprint density at radius 2 is 2.14 bits per heavy atom. The molecule has 2 aromatic heterocycles. The van der Waals surface area contributed by atoms with Crippen molar-refractivity contribution in [2.24, 2.45) is 0 Å². The van der Waals surface area contributed by atoms with Crippen LogP contribution in [0.1, 0.15) is 19.9 Å². The molecule has 6 nitrogen and oxygen atoms in total. The second-order valence-corrected chi connectivity index (χ2v) is 5.94. The molecule has 1 aromatic carbocycles. The third-order valence-electron chi connectivity index (χ3n) is 3.16. The van der Waals surface area contributed by atoms with E-state index in [2.05, 4.69) is 15.2 Å². The Balaban J connectivity index is 2.11. The number of rotatable bonds is 3. The Bertz CT molecular complexity index is 852. The molecular weight excluding hydrogens is 286 g/mol. The molecule has 108 valence electrons. The molecule has 0 fully saturated rings. The normalized spacial score (nSPS) is 11.4. The van der Waals surface area contributed by atoms with Gasteiger partial charge in [-0.2, -0.15) is 0 Å². The number of pyridine rings is 1. The number of benzene rings is 1. The lowest BCUT2D eigenvalue weighted by Gasteiger charge is -2.10. The van der Waals surface area contributed by atoms with Crippen LogP contribution in [0.15, 0.2) is 45.3 Å². The fraction of sp³-hybridized carbons (Fsp3) is 0.214. The molecule has 2 heterocycles. The molecule has 21 heavy (non-hydrogen) atoms. The van der Waals surface area contributed by atoms with Crippen LogP contribution in [0.25, 0.3) is 10.9 Å². The highest BCUT2D eigenvalue weighted by atomic mass is 32.2. The average Bonchev–Trinajstić information content (AvgIpc) is 2.83. The molecule has 0 spiro atoms. The van der Waals surface area contributed by atoms with Crippen molar-refractivity contribution in [3.8, 4) is 0 Å². The number of aromatic amines is 1. The number of nitrogens with two attached hydrogens (primary N) is 1. The number of hydrogen-bond acceptors (Lipinski definition) is 5. The molecule has 0 amide bonds. The zero-order valence-electron chi connectivity index (χ0n) is 11.7. The molecule has 7 heteroatoms. The van der Waals surface area contributed by atoms with Crippen molar-refractivity contribution in [2.45, 2.75) is 29.9 Å². The van der Waals surface area contributed by atoms with Crippen LogP contribution in [0.5, 0.6) is 0 Å². The molecule has 0 saturated heterocycles. The molecule has 0 unspecified atom stereocenters. The standard InChI is InChI=1S/C14H15N5OS/c1-8(2)19-13(20)17-18-14(19)21-11-6-5-10(15)9-4-3-7-16-12(9)11/h3-8H,15H2,1-2H3,(H,17,20). The summed E-state index contributed by atoms with van der Waals surface area (Å²) in [5, 5.41) is 8.10. The lowest BCUT2D eigenvalue weighted by molar-refractivity contribution is 0.534. The quantitative estimate of drug-likeness (QED) is 0.725. The Labute approximate surface area is 125 Å². The Morgan fingerprint density at radius 3 is 2.90 bits per heavy atom. The van der Waals surface area contributed by atoms with Crippen LogP contribution in [0.3, 0.4) is 0 Å². The maximum Gasteiger partial charge on any atom is 0.344 e. The van der Waals surface area contributed by atoms with Gasteiger partial charge in [-0.3, -0.25) is 9.55 Å². The van der Waals surface area contributed by atoms with Crippen molar-refractivity contribution >= 4 is 28.4 Å². The molecule has 0 aliphatic heterocycles. The van der Waals surface area contributed by atoms with Gasteiger partial charge < -0.3 is 5.73 Å². The molecule has 0 aliphatic rings. The molecule has 3 aromatic rings. The summed E-state index contributed by atoms with van der Waals surface area (Å²) in [4.78, 5) is 17.1. The molecule has 3 rings (SSSR count). The van der Waals surface area contributed by atoms with Crippen molar-refractivity contribution in [2.75, 3.05) is 5.73 Å². The SMILES string of the molecule is CC(C)n1c(Sc2ccc(N)c3cccnc23)n[nH]c1=O. The number of nitrogens with one attached hydrogen (secondary N) is 1. The van der Waals surface area contributed by atoms with Crippen LogP contribution in [-0.2, 0) is 0 Å². The van der Waals surface area contributed by atoms with E-state index in [9.17, 15) is 4.79 Å². The summed E-state index contributed by atoms with van der Waals surface area (Å²) in [5.41, 5.74) is 7.27. The fourth-order valence-corrected chi connectivity index (χ4v) is 3.24. The highest BCUT2D eigenvalue weighted by Crippen LogP contribution is 2.33. The summed E-state index contributed by atoms with van der Waals surface area (Å²) < 4.78 is 1.62. The first-order valence-corrected chi connectivity index (χ1v) is 7.37. The van der Waals surface area contributed by atoms with Crippen LogP contribution in [-0.4, -0.2) is 19.7 Å². The predicted octanol–water partition coefficient (Wildman–Crippen LogP) is 2.43. The number of hydrogen-bond donors (Lipinski definition) is 2. The van der Waals surface area contributed by atoms with E-state index < -0.39 is 0 Å². The average molecular weight is 301 g/mol. The summed E-state index contributed by atoms with van der Waals surface area (Å²) in [6.07, 6.45) is 1.73. The lowest BCUT2D eigenvalue weighted by Crippen LogP contribution is -2.19. The minimum atomic E-state index is -0.208. The van der Waals surface area contributed by atoms with E-state index in [1.54, 1.807) is 10.8 Å². The third-order valence-corrected chi connectivity index (χ3v) is 4.18. The Hall–Kier alpha value is -2.28.